The normalized spacial score (nSPS) is 18.2. The van der Waals surface area contributed by atoms with Crippen LogP contribution in [0.5, 0.6) is 0 Å². The lowest BCUT2D eigenvalue weighted by Gasteiger charge is -2.33. The molecule has 0 atom stereocenters. The fourth-order valence-corrected chi connectivity index (χ4v) is 5.33. The fraction of sp³-hybridized carbons (Fsp3) is 0.552. The fourth-order valence-electron chi connectivity index (χ4n) is 5.33. The molecule has 0 bridgehead atoms. The molecule has 2 amide bonds. The topological polar surface area (TPSA) is 77.1 Å². The molecule has 2 fully saturated rings. The van der Waals surface area contributed by atoms with Gasteiger partial charge in [-0.05, 0) is 61.5 Å². The minimum atomic E-state index is -5.90. The van der Waals surface area contributed by atoms with Crippen molar-refractivity contribution in [2.24, 2.45) is 5.92 Å². The number of likely N-dealkylation sites (tertiary alicyclic amines) is 1. The predicted octanol–water partition coefficient (Wildman–Crippen LogP) is 4.91. The molecular weight excluding hydrogens is 566 g/mol. The van der Waals surface area contributed by atoms with Gasteiger partial charge in [0.1, 0.15) is 0 Å². The Balaban J connectivity index is 1.19. The van der Waals surface area contributed by atoms with Gasteiger partial charge in [0.15, 0.2) is 0 Å². The molecule has 7 nitrogen and oxygen atoms in total. The highest BCUT2D eigenvalue weighted by Crippen LogP contribution is 2.50. The number of morpholine rings is 1. The summed E-state index contributed by atoms with van der Waals surface area (Å²) in [6.45, 7) is 6.36. The maximum atomic E-state index is 13.1. The quantitative estimate of drug-likeness (QED) is 0.356. The first-order chi connectivity index (χ1) is 19.8. The average Bonchev–Trinajstić information content (AvgIpc) is 2.94. The zero-order chi connectivity index (χ0) is 30.4. The molecular formula is C29H36F6N4O3. The van der Waals surface area contributed by atoms with E-state index in [0.717, 1.165) is 57.5 Å². The Hall–Kier alpha value is -2.87. The maximum Gasteiger partial charge on any atom is 0.430 e. The Morgan fingerprint density at radius 1 is 0.833 bits per heavy atom. The molecule has 0 aromatic heterocycles. The number of carbonyl (C=O) groups is 1. The monoisotopic (exact) mass is 602 g/mol. The van der Waals surface area contributed by atoms with Gasteiger partial charge in [-0.25, -0.2) is 4.79 Å². The van der Waals surface area contributed by atoms with Crippen molar-refractivity contribution in [1.29, 1.82) is 0 Å². The summed E-state index contributed by atoms with van der Waals surface area (Å²) in [5, 5.41) is 15.3. The van der Waals surface area contributed by atoms with Gasteiger partial charge in [0, 0.05) is 44.0 Å². The van der Waals surface area contributed by atoms with Gasteiger partial charge in [-0.1, -0.05) is 36.4 Å². The second-order valence-corrected chi connectivity index (χ2v) is 10.9. The summed E-state index contributed by atoms with van der Waals surface area (Å²) in [5.41, 5.74) is -3.76. The highest BCUT2D eigenvalue weighted by atomic mass is 19.4. The Labute approximate surface area is 240 Å². The predicted molar refractivity (Wildman–Crippen MR) is 145 cm³/mol. The molecule has 0 spiro atoms. The zero-order valence-corrected chi connectivity index (χ0v) is 23.1. The number of alkyl halides is 6. The van der Waals surface area contributed by atoms with Crippen molar-refractivity contribution in [3.8, 4) is 0 Å². The summed E-state index contributed by atoms with van der Waals surface area (Å²) in [6, 6.07) is 11.2. The van der Waals surface area contributed by atoms with Crippen molar-refractivity contribution >= 4 is 11.7 Å². The number of benzene rings is 2. The number of anilines is 1. The molecule has 2 aromatic carbocycles. The van der Waals surface area contributed by atoms with Crippen molar-refractivity contribution in [1.82, 2.24) is 15.1 Å². The Bertz CT molecular complexity index is 1130. The van der Waals surface area contributed by atoms with E-state index in [9.17, 15) is 36.2 Å². The van der Waals surface area contributed by atoms with Gasteiger partial charge in [0.05, 0.1) is 13.2 Å². The SMILES string of the molecule is O=C(NCCN1CCOCC1)Nc1ccc(CC2CCN(Cc3ccc(C(O)(C(F)(F)F)C(F)(F)F)cc3)CC2)cc1. The van der Waals surface area contributed by atoms with Crippen LogP contribution in [0.25, 0.3) is 0 Å². The van der Waals surface area contributed by atoms with Crippen molar-refractivity contribution < 1.29 is 41.0 Å². The molecule has 42 heavy (non-hydrogen) atoms. The van der Waals surface area contributed by atoms with E-state index in [4.69, 9.17) is 4.74 Å². The number of nitrogens with zero attached hydrogens (tertiary/aromatic N) is 2. The molecule has 2 heterocycles. The molecule has 13 heteroatoms. The van der Waals surface area contributed by atoms with Gasteiger partial charge in [-0.3, -0.25) is 9.80 Å². The molecule has 2 aliphatic heterocycles. The van der Waals surface area contributed by atoms with E-state index >= 15 is 0 Å². The number of carbonyl (C=O) groups excluding carboxylic acids is 1. The largest absolute Gasteiger partial charge is 0.430 e. The van der Waals surface area contributed by atoms with Gasteiger partial charge in [0.2, 0.25) is 0 Å². The molecule has 0 unspecified atom stereocenters. The van der Waals surface area contributed by atoms with Crippen molar-refractivity contribution in [3.63, 3.8) is 0 Å². The second-order valence-electron chi connectivity index (χ2n) is 10.9. The first-order valence-corrected chi connectivity index (χ1v) is 14.0. The lowest BCUT2D eigenvalue weighted by atomic mass is 9.89. The summed E-state index contributed by atoms with van der Waals surface area (Å²) in [5.74, 6) is 0.430. The highest BCUT2D eigenvalue weighted by Gasteiger charge is 2.71. The minimum absolute atomic E-state index is 0.255. The zero-order valence-electron chi connectivity index (χ0n) is 23.1. The van der Waals surface area contributed by atoms with E-state index in [-0.39, 0.29) is 6.03 Å². The van der Waals surface area contributed by atoms with E-state index in [2.05, 4.69) is 20.4 Å². The lowest BCUT2D eigenvalue weighted by Crippen LogP contribution is -2.53. The minimum Gasteiger partial charge on any atom is -0.379 e. The third kappa shape index (κ3) is 8.15. The summed E-state index contributed by atoms with van der Waals surface area (Å²) >= 11 is 0. The number of hydrogen-bond acceptors (Lipinski definition) is 5. The standard InChI is InChI=1S/C29H36F6N4O3/c30-28(31,32)27(41,29(33,34)35)24-5-1-23(2-6-24)20-39-12-9-22(10-13-39)19-21-3-7-25(8-4-21)37-26(40)36-11-14-38-15-17-42-18-16-38/h1-8,22,41H,9-20H2,(H2,36,37,40). The van der Waals surface area contributed by atoms with E-state index in [1.165, 1.54) is 12.1 Å². The van der Waals surface area contributed by atoms with E-state index in [1.807, 2.05) is 24.3 Å². The lowest BCUT2D eigenvalue weighted by molar-refractivity contribution is -0.376. The number of nitrogens with one attached hydrogen (secondary N) is 2. The average molecular weight is 603 g/mol. The molecule has 3 N–H and O–H groups in total. The number of urea groups is 1. The molecule has 4 rings (SSSR count). The Morgan fingerprint density at radius 2 is 1.40 bits per heavy atom. The van der Waals surface area contributed by atoms with Crippen molar-refractivity contribution in [3.05, 3.63) is 65.2 Å². The number of ether oxygens (including phenoxy) is 1. The maximum absolute atomic E-state index is 13.1. The van der Waals surface area contributed by atoms with Crippen molar-refractivity contribution in [2.45, 2.75) is 43.8 Å². The molecule has 0 aliphatic carbocycles. The van der Waals surface area contributed by atoms with Crippen LogP contribution in [0.2, 0.25) is 0 Å². The van der Waals surface area contributed by atoms with Crippen LogP contribution in [-0.4, -0.2) is 85.8 Å². The summed E-state index contributed by atoms with van der Waals surface area (Å²) in [6.07, 6.45) is -9.15. The van der Waals surface area contributed by atoms with Crippen LogP contribution in [0, 0.1) is 5.92 Å². The summed E-state index contributed by atoms with van der Waals surface area (Å²) in [4.78, 5) is 16.5. The van der Waals surface area contributed by atoms with Gasteiger partial charge >= 0.3 is 18.4 Å². The first kappa shape index (κ1) is 32.1. The highest BCUT2D eigenvalue weighted by molar-refractivity contribution is 5.89. The molecule has 0 radical (unpaired) electrons. The van der Waals surface area contributed by atoms with Crippen molar-refractivity contribution in [2.75, 3.05) is 57.8 Å². The van der Waals surface area contributed by atoms with Crippen LogP contribution in [0.3, 0.4) is 0 Å². The smallest absolute Gasteiger partial charge is 0.379 e. The number of aliphatic hydroxyl groups is 1. The molecule has 2 saturated heterocycles. The van der Waals surface area contributed by atoms with Gasteiger partial charge in [0.25, 0.3) is 5.60 Å². The van der Waals surface area contributed by atoms with Crippen LogP contribution in [0.4, 0.5) is 36.8 Å². The number of rotatable bonds is 9. The Morgan fingerprint density at radius 3 is 1.98 bits per heavy atom. The van der Waals surface area contributed by atoms with E-state index < -0.39 is 23.5 Å². The molecule has 2 aliphatic rings. The summed E-state index contributed by atoms with van der Waals surface area (Å²) in [7, 11) is 0. The van der Waals surface area contributed by atoms with E-state index in [0.29, 0.717) is 55.6 Å². The first-order valence-electron chi connectivity index (χ1n) is 14.0. The van der Waals surface area contributed by atoms with Crippen LogP contribution in [0.15, 0.2) is 48.5 Å². The second kappa shape index (κ2) is 13.6. The van der Waals surface area contributed by atoms with Gasteiger partial charge < -0.3 is 20.5 Å². The molecule has 0 saturated carbocycles. The van der Waals surface area contributed by atoms with Crippen LogP contribution in [0.1, 0.15) is 29.5 Å². The van der Waals surface area contributed by atoms with E-state index in [1.54, 1.807) is 0 Å². The molecule has 232 valence electrons. The number of hydrogen-bond donors (Lipinski definition) is 3. The third-order valence-electron chi connectivity index (χ3n) is 7.86. The van der Waals surface area contributed by atoms with Crippen LogP contribution < -0.4 is 10.6 Å². The Kier molecular flexibility index (Phi) is 10.4. The number of halogens is 6. The summed E-state index contributed by atoms with van der Waals surface area (Å²) < 4.78 is 84.0. The molecule has 2 aromatic rings. The third-order valence-corrected chi connectivity index (χ3v) is 7.86. The van der Waals surface area contributed by atoms with Crippen LogP contribution >= 0.6 is 0 Å². The van der Waals surface area contributed by atoms with Crippen LogP contribution in [-0.2, 0) is 23.3 Å². The number of amides is 2. The van der Waals surface area contributed by atoms with Gasteiger partial charge in [-0.15, -0.1) is 0 Å². The van der Waals surface area contributed by atoms with Gasteiger partial charge in [-0.2, -0.15) is 26.3 Å². The number of piperidine rings is 1.